The van der Waals surface area contributed by atoms with Gasteiger partial charge in [-0.05, 0) is 24.8 Å². The normalized spacial score (nSPS) is 16.7. The molecule has 1 aliphatic carbocycles. The van der Waals surface area contributed by atoms with Crippen LogP contribution in [0.4, 0.5) is 5.82 Å². The zero-order valence-electron chi connectivity index (χ0n) is 16.7. The summed E-state index contributed by atoms with van der Waals surface area (Å²) < 4.78 is 5.52. The lowest BCUT2D eigenvalue weighted by Gasteiger charge is -2.22. The molecule has 2 aromatic rings. The molecule has 1 aliphatic heterocycles. The molecule has 7 nitrogen and oxygen atoms in total. The molecular formula is C21H27N5O2. The first kappa shape index (κ1) is 18.7. The predicted octanol–water partition coefficient (Wildman–Crippen LogP) is 3.51. The number of aromatic nitrogens is 3. The van der Waals surface area contributed by atoms with Crippen molar-refractivity contribution in [1.29, 1.82) is 0 Å². The topological polar surface area (TPSA) is 80.2 Å². The van der Waals surface area contributed by atoms with Gasteiger partial charge in [-0.3, -0.25) is 4.79 Å². The van der Waals surface area contributed by atoms with Crippen molar-refractivity contribution in [2.75, 3.05) is 12.4 Å². The molecule has 3 heterocycles. The van der Waals surface area contributed by atoms with E-state index in [4.69, 9.17) is 4.74 Å². The zero-order valence-corrected chi connectivity index (χ0v) is 16.7. The number of carbonyl (C=O) groups excluding carboxylic acids is 1. The molecule has 7 heteroatoms. The molecule has 148 valence electrons. The van der Waals surface area contributed by atoms with Crippen molar-refractivity contribution in [3.63, 3.8) is 0 Å². The number of ether oxygens (including phenoxy) is 1. The van der Waals surface area contributed by atoms with Crippen LogP contribution in [0.25, 0.3) is 0 Å². The SMILES string of the molecule is COc1nc2c(cc1CNc1ncncc1C(C)C)C(=O)N(C1CCCC1)C2. The number of nitrogens with zero attached hydrogens (tertiary/aromatic N) is 4. The van der Waals surface area contributed by atoms with Gasteiger partial charge in [0.2, 0.25) is 5.88 Å². The predicted molar refractivity (Wildman–Crippen MR) is 106 cm³/mol. The summed E-state index contributed by atoms with van der Waals surface area (Å²) in [5, 5.41) is 3.36. The summed E-state index contributed by atoms with van der Waals surface area (Å²) in [6.45, 7) is 5.29. The van der Waals surface area contributed by atoms with E-state index < -0.39 is 0 Å². The van der Waals surface area contributed by atoms with Gasteiger partial charge in [0.05, 0.1) is 24.9 Å². The lowest BCUT2D eigenvalue weighted by Crippen LogP contribution is -2.33. The molecule has 4 rings (SSSR count). The van der Waals surface area contributed by atoms with Crippen LogP contribution in [-0.4, -0.2) is 38.9 Å². The number of pyridine rings is 1. The van der Waals surface area contributed by atoms with Crippen LogP contribution >= 0.6 is 0 Å². The molecule has 1 amide bonds. The number of anilines is 1. The Morgan fingerprint density at radius 2 is 2.11 bits per heavy atom. The number of rotatable bonds is 6. The van der Waals surface area contributed by atoms with E-state index in [-0.39, 0.29) is 5.91 Å². The Bertz CT molecular complexity index is 877. The highest BCUT2D eigenvalue weighted by atomic mass is 16.5. The molecule has 2 aliphatic rings. The Morgan fingerprint density at radius 1 is 1.32 bits per heavy atom. The van der Waals surface area contributed by atoms with Gasteiger partial charge >= 0.3 is 0 Å². The van der Waals surface area contributed by atoms with Crippen molar-refractivity contribution in [2.45, 2.75) is 64.6 Å². The first-order valence-corrected chi connectivity index (χ1v) is 10.00. The minimum absolute atomic E-state index is 0.100. The van der Waals surface area contributed by atoms with Crippen molar-refractivity contribution in [3.8, 4) is 5.88 Å². The van der Waals surface area contributed by atoms with Gasteiger partial charge in [-0.1, -0.05) is 26.7 Å². The molecule has 0 aromatic carbocycles. The number of amides is 1. The van der Waals surface area contributed by atoms with Crippen LogP contribution in [0.15, 0.2) is 18.6 Å². The van der Waals surface area contributed by atoms with Crippen LogP contribution in [-0.2, 0) is 13.1 Å². The second-order valence-electron chi connectivity index (χ2n) is 7.86. The summed E-state index contributed by atoms with van der Waals surface area (Å²) in [7, 11) is 1.62. The smallest absolute Gasteiger partial charge is 0.256 e. The van der Waals surface area contributed by atoms with Crippen LogP contribution < -0.4 is 10.1 Å². The molecule has 28 heavy (non-hydrogen) atoms. The van der Waals surface area contributed by atoms with E-state index in [1.807, 2.05) is 17.2 Å². The molecule has 1 N–H and O–H groups in total. The number of nitrogens with one attached hydrogen (secondary N) is 1. The van der Waals surface area contributed by atoms with Gasteiger partial charge < -0.3 is 15.0 Å². The van der Waals surface area contributed by atoms with E-state index in [9.17, 15) is 4.79 Å². The summed E-state index contributed by atoms with van der Waals surface area (Å²) >= 11 is 0. The lowest BCUT2D eigenvalue weighted by molar-refractivity contribution is 0.0706. The Kier molecular flexibility index (Phi) is 5.15. The molecule has 0 unspecified atom stereocenters. The van der Waals surface area contributed by atoms with E-state index in [2.05, 4.69) is 34.1 Å². The fourth-order valence-electron chi connectivity index (χ4n) is 4.17. The van der Waals surface area contributed by atoms with Gasteiger partial charge in [0.1, 0.15) is 12.1 Å². The van der Waals surface area contributed by atoms with Crippen LogP contribution in [0.2, 0.25) is 0 Å². The quantitative estimate of drug-likeness (QED) is 0.825. The highest BCUT2D eigenvalue weighted by Gasteiger charge is 2.35. The van der Waals surface area contributed by atoms with Gasteiger partial charge in [0.15, 0.2) is 0 Å². The molecule has 0 saturated heterocycles. The van der Waals surface area contributed by atoms with Crippen molar-refractivity contribution < 1.29 is 9.53 Å². The molecule has 0 bridgehead atoms. The number of hydrogen-bond acceptors (Lipinski definition) is 6. The largest absolute Gasteiger partial charge is 0.481 e. The second kappa shape index (κ2) is 7.73. The van der Waals surface area contributed by atoms with Gasteiger partial charge in [-0.2, -0.15) is 0 Å². The van der Waals surface area contributed by atoms with Crippen LogP contribution in [0.3, 0.4) is 0 Å². The molecule has 2 aromatic heterocycles. The van der Waals surface area contributed by atoms with E-state index in [0.29, 0.717) is 36.5 Å². The van der Waals surface area contributed by atoms with E-state index in [0.717, 1.165) is 35.5 Å². The summed E-state index contributed by atoms with van der Waals surface area (Å²) in [6.07, 6.45) is 7.96. The van der Waals surface area contributed by atoms with Crippen molar-refractivity contribution in [3.05, 3.63) is 41.0 Å². The molecule has 0 spiro atoms. The maximum absolute atomic E-state index is 13.0. The Hall–Kier alpha value is -2.70. The summed E-state index contributed by atoms with van der Waals surface area (Å²) in [6, 6.07) is 2.28. The first-order valence-electron chi connectivity index (χ1n) is 10.00. The minimum atomic E-state index is 0.100. The Morgan fingerprint density at radius 3 is 2.82 bits per heavy atom. The highest BCUT2D eigenvalue weighted by molar-refractivity contribution is 5.98. The van der Waals surface area contributed by atoms with E-state index >= 15 is 0 Å². The lowest BCUT2D eigenvalue weighted by atomic mass is 10.1. The van der Waals surface area contributed by atoms with Crippen LogP contribution in [0, 0.1) is 0 Å². The summed E-state index contributed by atoms with van der Waals surface area (Å²) in [5.74, 6) is 1.77. The van der Waals surface area contributed by atoms with Gasteiger partial charge in [0.25, 0.3) is 5.91 Å². The fourth-order valence-corrected chi connectivity index (χ4v) is 4.17. The molecule has 1 saturated carbocycles. The van der Waals surface area contributed by atoms with Crippen LogP contribution in [0.5, 0.6) is 5.88 Å². The standard InChI is InChI=1S/C21H27N5O2/c1-13(2)17-10-22-12-24-19(17)23-9-14-8-16-18(25-20(14)28-3)11-26(21(16)27)15-6-4-5-7-15/h8,10,12-13,15H,4-7,9,11H2,1-3H3,(H,22,23,24). The van der Waals surface area contributed by atoms with E-state index in [1.165, 1.54) is 19.2 Å². The van der Waals surface area contributed by atoms with E-state index in [1.54, 1.807) is 7.11 Å². The zero-order chi connectivity index (χ0) is 19.7. The average Bonchev–Trinajstić information content (AvgIpc) is 3.34. The van der Waals surface area contributed by atoms with Crippen molar-refractivity contribution in [2.24, 2.45) is 0 Å². The van der Waals surface area contributed by atoms with Crippen molar-refractivity contribution >= 4 is 11.7 Å². The van der Waals surface area contributed by atoms with Gasteiger partial charge in [0, 0.05) is 29.9 Å². The fraction of sp³-hybridized carbons (Fsp3) is 0.524. The van der Waals surface area contributed by atoms with Crippen LogP contribution in [0.1, 0.15) is 72.6 Å². The molecule has 0 radical (unpaired) electrons. The van der Waals surface area contributed by atoms with Gasteiger partial charge in [-0.15, -0.1) is 0 Å². The third kappa shape index (κ3) is 3.41. The second-order valence-corrected chi connectivity index (χ2v) is 7.86. The number of methoxy groups -OCH3 is 1. The third-order valence-corrected chi connectivity index (χ3v) is 5.72. The minimum Gasteiger partial charge on any atom is -0.481 e. The first-order chi connectivity index (χ1) is 13.6. The summed E-state index contributed by atoms with van der Waals surface area (Å²) in [5.41, 5.74) is 3.44. The number of carbonyl (C=O) groups is 1. The summed E-state index contributed by atoms with van der Waals surface area (Å²) in [4.78, 5) is 28.1. The maximum Gasteiger partial charge on any atom is 0.256 e. The number of fused-ring (bicyclic) bond motifs is 1. The monoisotopic (exact) mass is 381 g/mol. The van der Waals surface area contributed by atoms with Gasteiger partial charge in [-0.25, -0.2) is 15.0 Å². The maximum atomic E-state index is 13.0. The Labute approximate surface area is 165 Å². The van der Waals surface area contributed by atoms with Crippen molar-refractivity contribution in [1.82, 2.24) is 19.9 Å². The highest BCUT2D eigenvalue weighted by Crippen LogP contribution is 2.33. The third-order valence-electron chi connectivity index (χ3n) is 5.72. The Balaban J connectivity index is 1.57. The molecule has 1 fully saturated rings. The molecule has 0 atom stereocenters. The number of hydrogen-bond donors (Lipinski definition) is 1. The average molecular weight is 381 g/mol. The molecular weight excluding hydrogens is 354 g/mol.